The van der Waals surface area contributed by atoms with Crippen molar-refractivity contribution in [2.45, 2.75) is 19.5 Å². The molecular weight excluding hydrogens is 503 g/mol. The molecule has 0 radical (unpaired) electrons. The first-order valence-electron chi connectivity index (χ1n) is 12.0. The minimum absolute atomic E-state index is 0.0134. The van der Waals surface area contributed by atoms with Crippen LogP contribution in [-0.2, 0) is 6.54 Å². The van der Waals surface area contributed by atoms with Gasteiger partial charge in [-0.05, 0) is 24.6 Å². The molecule has 198 valence electrons. The Balaban J connectivity index is 1.38. The van der Waals surface area contributed by atoms with Crippen LogP contribution >= 0.6 is 0 Å². The van der Waals surface area contributed by atoms with Crippen LogP contribution in [0.15, 0.2) is 29.2 Å². The van der Waals surface area contributed by atoms with E-state index in [4.69, 9.17) is 14.2 Å². The average molecular weight is 526 g/mol. The fraction of sp³-hybridized carbons (Fsp3) is 0.360. The highest BCUT2D eigenvalue weighted by molar-refractivity contribution is 6.02. The molecule has 3 aromatic rings. The lowest BCUT2D eigenvalue weighted by molar-refractivity contribution is -0.385. The number of rotatable bonds is 5. The minimum Gasteiger partial charge on any atom is -0.487 e. The first-order valence-corrected chi connectivity index (χ1v) is 12.0. The molecule has 0 spiro atoms. The molecule has 0 aliphatic carbocycles. The number of nitro benzene ring substituents is 1. The standard InChI is InChI=1S/C25H23FN4O8/c1-13-11-36-24-21-18(23(31)15(25(32)33)10-29(13)21)20(30(34)35)19(26)22(24)28-6-4-27(5-7-28)9-14-2-3-16-17(8-14)38-12-37-16/h2-3,8,10,13H,4-7,9,11-12H2,1H3,(H,32,33). The summed E-state index contributed by atoms with van der Waals surface area (Å²) in [6, 6.07) is 5.30. The van der Waals surface area contributed by atoms with Gasteiger partial charge in [-0.3, -0.25) is 19.8 Å². The molecule has 1 aromatic heterocycles. The quantitative estimate of drug-likeness (QED) is 0.390. The summed E-state index contributed by atoms with van der Waals surface area (Å²) in [5, 5.41) is 21.0. The average Bonchev–Trinajstić information content (AvgIpc) is 3.35. The molecule has 0 bridgehead atoms. The van der Waals surface area contributed by atoms with Crippen molar-refractivity contribution >= 4 is 28.2 Å². The number of carboxylic acid groups (broad SMARTS) is 1. The Kier molecular flexibility index (Phi) is 5.60. The molecule has 1 N–H and O–H groups in total. The number of ether oxygens (including phenoxy) is 3. The number of carbonyl (C=O) groups is 1. The highest BCUT2D eigenvalue weighted by atomic mass is 19.1. The zero-order chi connectivity index (χ0) is 26.7. The van der Waals surface area contributed by atoms with Crippen molar-refractivity contribution in [2.75, 3.05) is 44.5 Å². The summed E-state index contributed by atoms with van der Waals surface area (Å²) in [7, 11) is 0. The van der Waals surface area contributed by atoms with Crippen LogP contribution in [0.5, 0.6) is 17.2 Å². The minimum atomic E-state index is -1.54. The molecule has 1 atom stereocenters. The first kappa shape index (κ1) is 24.0. The number of pyridine rings is 1. The number of fused-ring (bicyclic) bond motifs is 1. The molecule has 13 heteroatoms. The first-order chi connectivity index (χ1) is 18.2. The van der Waals surface area contributed by atoms with Gasteiger partial charge in [0.25, 0.3) is 0 Å². The van der Waals surface area contributed by atoms with E-state index in [1.165, 1.54) is 4.57 Å². The number of piperazine rings is 1. The second kappa shape index (κ2) is 8.87. The number of hydrogen-bond donors (Lipinski definition) is 1. The van der Waals surface area contributed by atoms with Crippen LogP contribution in [0.1, 0.15) is 28.9 Å². The van der Waals surface area contributed by atoms with E-state index in [2.05, 4.69) is 4.90 Å². The second-order valence-electron chi connectivity index (χ2n) is 9.52. The summed E-state index contributed by atoms with van der Waals surface area (Å²) in [4.78, 5) is 39.6. The number of hydrogen-bond acceptors (Lipinski definition) is 9. The molecule has 2 aromatic carbocycles. The molecule has 38 heavy (non-hydrogen) atoms. The smallest absolute Gasteiger partial charge is 0.341 e. The van der Waals surface area contributed by atoms with Crippen molar-refractivity contribution in [3.63, 3.8) is 0 Å². The maximum absolute atomic E-state index is 15.9. The van der Waals surface area contributed by atoms with Crippen molar-refractivity contribution in [2.24, 2.45) is 0 Å². The summed E-state index contributed by atoms with van der Waals surface area (Å²) >= 11 is 0. The third-order valence-corrected chi connectivity index (χ3v) is 7.21. The van der Waals surface area contributed by atoms with Gasteiger partial charge in [-0.15, -0.1) is 0 Å². The predicted molar refractivity (Wildman–Crippen MR) is 132 cm³/mol. The van der Waals surface area contributed by atoms with Crippen LogP contribution in [-0.4, -0.2) is 65.0 Å². The van der Waals surface area contributed by atoms with E-state index in [1.807, 2.05) is 18.2 Å². The summed E-state index contributed by atoms with van der Waals surface area (Å²) in [5.74, 6) is -1.35. The molecule has 12 nitrogen and oxygen atoms in total. The van der Waals surface area contributed by atoms with Gasteiger partial charge in [-0.1, -0.05) is 6.07 Å². The van der Waals surface area contributed by atoms with Crippen LogP contribution in [0.2, 0.25) is 0 Å². The van der Waals surface area contributed by atoms with Gasteiger partial charge in [0.05, 0.1) is 11.0 Å². The van der Waals surface area contributed by atoms with Crippen molar-refractivity contribution in [1.82, 2.24) is 9.47 Å². The number of anilines is 1. The zero-order valence-corrected chi connectivity index (χ0v) is 20.3. The van der Waals surface area contributed by atoms with Crippen molar-refractivity contribution in [1.29, 1.82) is 0 Å². The molecule has 1 unspecified atom stereocenters. The molecule has 1 saturated heterocycles. The van der Waals surface area contributed by atoms with Gasteiger partial charge in [0.1, 0.15) is 28.8 Å². The normalized spacial score (nSPS) is 18.5. The van der Waals surface area contributed by atoms with Crippen molar-refractivity contribution in [3.05, 3.63) is 61.7 Å². The third-order valence-electron chi connectivity index (χ3n) is 7.21. The van der Waals surface area contributed by atoms with E-state index in [0.717, 1.165) is 11.8 Å². The van der Waals surface area contributed by atoms with Gasteiger partial charge in [0.2, 0.25) is 18.0 Å². The van der Waals surface area contributed by atoms with E-state index in [-0.39, 0.29) is 30.4 Å². The van der Waals surface area contributed by atoms with Crippen LogP contribution in [0.3, 0.4) is 0 Å². The van der Waals surface area contributed by atoms with Crippen molar-refractivity contribution < 1.29 is 33.4 Å². The van der Waals surface area contributed by atoms with E-state index in [1.54, 1.807) is 11.8 Å². The van der Waals surface area contributed by atoms with Gasteiger partial charge < -0.3 is 28.8 Å². The summed E-state index contributed by atoms with van der Waals surface area (Å²) in [5.41, 5.74) is -1.85. The lowest BCUT2D eigenvalue weighted by Gasteiger charge is -2.38. The number of aromatic carboxylic acids is 1. The van der Waals surface area contributed by atoms with Gasteiger partial charge >= 0.3 is 11.7 Å². The van der Waals surface area contributed by atoms with Crippen molar-refractivity contribution in [3.8, 4) is 17.2 Å². The molecule has 6 rings (SSSR count). The summed E-state index contributed by atoms with van der Waals surface area (Å²) in [6.07, 6.45) is 1.15. The molecule has 0 amide bonds. The highest BCUT2D eigenvalue weighted by Crippen LogP contribution is 2.46. The Bertz CT molecular complexity index is 1560. The topological polar surface area (TPSA) is 137 Å². The Morgan fingerprint density at radius 1 is 1.18 bits per heavy atom. The number of nitrogens with zero attached hydrogens (tertiary/aromatic N) is 4. The van der Waals surface area contributed by atoms with Gasteiger partial charge in [-0.25, -0.2) is 4.79 Å². The van der Waals surface area contributed by atoms with Crippen LogP contribution in [0, 0.1) is 15.9 Å². The Morgan fingerprint density at radius 2 is 1.92 bits per heavy atom. The van der Waals surface area contributed by atoms with Gasteiger partial charge in [-0.2, -0.15) is 4.39 Å². The Morgan fingerprint density at radius 3 is 2.63 bits per heavy atom. The molecular formula is C25H23FN4O8. The molecule has 3 aliphatic heterocycles. The largest absolute Gasteiger partial charge is 0.487 e. The molecule has 3 aliphatic rings. The number of carboxylic acids is 1. The number of halogens is 1. The van der Waals surface area contributed by atoms with E-state index >= 15 is 4.39 Å². The SMILES string of the molecule is CC1COc2c(N3CCN(Cc4ccc5c(c4)OCO5)CC3)c(F)c([N+](=O)[O-])c3c(=O)c(C(=O)O)cn1c23. The van der Waals surface area contributed by atoms with E-state index < -0.39 is 44.8 Å². The van der Waals surface area contributed by atoms with Crippen LogP contribution in [0.25, 0.3) is 10.9 Å². The summed E-state index contributed by atoms with van der Waals surface area (Å²) in [6.45, 7) is 4.42. The number of benzene rings is 2. The van der Waals surface area contributed by atoms with E-state index in [0.29, 0.717) is 44.2 Å². The maximum atomic E-state index is 15.9. The number of nitro groups is 1. The summed E-state index contributed by atoms with van der Waals surface area (Å²) < 4.78 is 34.1. The van der Waals surface area contributed by atoms with Crippen LogP contribution < -0.4 is 24.5 Å². The lowest BCUT2D eigenvalue weighted by Crippen LogP contribution is -2.46. The Labute approximate surface area is 214 Å². The van der Waals surface area contributed by atoms with Crippen LogP contribution in [0.4, 0.5) is 15.8 Å². The highest BCUT2D eigenvalue weighted by Gasteiger charge is 2.38. The molecule has 0 saturated carbocycles. The van der Waals surface area contributed by atoms with Gasteiger partial charge in [0.15, 0.2) is 17.2 Å². The monoisotopic (exact) mass is 526 g/mol. The number of aromatic nitrogens is 1. The molecule has 1 fully saturated rings. The third kappa shape index (κ3) is 3.69. The zero-order valence-electron chi connectivity index (χ0n) is 20.3. The lowest BCUT2D eigenvalue weighted by atomic mass is 10.0. The van der Waals surface area contributed by atoms with Gasteiger partial charge in [0, 0.05) is 38.9 Å². The van der Waals surface area contributed by atoms with E-state index in [9.17, 15) is 24.8 Å². The fourth-order valence-corrected chi connectivity index (χ4v) is 5.32. The fourth-order valence-electron chi connectivity index (χ4n) is 5.32. The molecule has 4 heterocycles. The maximum Gasteiger partial charge on any atom is 0.341 e. The second-order valence-corrected chi connectivity index (χ2v) is 9.52. The Hall–Kier alpha value is -4.39. The predicted octanol–water partition coefficient (Wildman–Crippen LogP) is 2.75.